The van der Waals surface area contributed by atoms with E-state index >= 15 is 0 Å². The van der Waals surface area contributed by atoms with Gasteiger partial charge < -0.3 is 20.3 Å². The van der Waals surface area contributed by atoms with Gasteiger partial charge >= 0.3 is 5.95 Å². The van der Waals surface area contributed by atoms with Gasteiger partial charge in [-0.3, -0.25) is 4.79 Å². The molecule has 23 heavy (non-hydrogen) atoms. The summed E-state index contributed by atoms with van der Waals surface area (Å²) in [6.45, 7) is 2.00. The maximum atomic E-state index is 11.9. The molecule has 0 unspecified atom stereocenters. The number of nitro groups is 1. The molecule has 0 atom stereocenters. The first-order valence-corrected chi connectivity index (χ1v) is 7.30. The largest absolute Gasteiger partial charge is 0.490 e. The fourth-order valence-corrected chi connectivity index (χ4v) is 2.52. The first-order valence-electron chi connectivity index (χ1n) is 7.30. The van der Waals surface area contributed by atoms with Crippen molar-refractivity contribution in [1.82, 2.24) is 14.8 Å². The molecule has 0 bridgehead atoms. The second kappa shape index (κ2) is 6.42. The van der Waals surface area contributed by atoms with Gasteiger partial charge in [0.15, 0.2) is 0 Å². The van der Waals surface area contributed by atoms with Crippen LogP contribution in [0.15, 0.2) is 30.6 Å². The first kappa shape index (κ1) is 14.9. The summed E-state index contributed by atoms with van der Waals surface area (Å²) >= 11 is 0. The molecule has 1 aliphatic rings. The number of hydrogen-bond donors (Lipinski definition) is 1. The molecule has 9 nitrogen and oxygen atoms in total. The van der Waals surface area contributed by atoms with Crippen LogP contribution < -0.4 is 10.2 Å². The van der Waals surface area contributed by atoms with Crippen LogP contribution in [0.25, 0.3) is 0 Å². The van der Waals surface area contributed by atoms with Crippen LogP contribution in [0.4, 0.5) is 17.3 Å². The molecule has 0 saturated carbocycles. The third-order valence-electron chi connectivity index (χ3n) is 3.62. The monoisotopic (exact) mass is 316 g/mol. The van der Waals surface area contributed by atoms with Crippen LogP contribution >= 0.6 is 0 Å². The number of carbonyl (C=O) groups is 1. The second-order valence-corrected chi connectivity index (χ2v) is 5.29. The Balaban J connectivity index is 1.57. The van der Waals surface area contributed by atoms with E-state index in [1.165, 1.54) is 12.8 Å². The molecule has 2 aromatic rings. The Hall–Kier alpha value is -2.97. The molecule has 0 spiro atoms. The first-order chi connectivity index (χ1) is 11.1. The van der Waals surface area contributed by atoms with E-state index in [4.69, 9.17) is 0 Å². The Labute approximate surface area is 132 Å². The lowest BCUT2D eigenvalue weighted by Gasteiger charge is -2.17. The Morgan fingerprint density at radius 1 is 1.26 bits per heavy atom. The summed E-state index contributed by atoms with van der Waals surface area (Å²) in [7, 11) is 0. The van der Waals surface area contributed by atoms with E-state index in [2.05, 4.69) is 20.3 Å². The molecule has 0 aliphatic carbocycles. The number of amides is 1. The third kappa shape index (κ3) is 3.62. The van der Waals surface area contributed by atoms with E-state index in [1.54, 1.807) is 0 Å². The molecule has 3 rings (SSSR count). The molecule has 2 heterocycles. The number of carbonyl (C=O) groups excluding carboxylic acids is 1. The molecule has 1 aliphatic heterocycles. The van der Waals surface area contributed by atoms with E-state index in [0.717, 1.165) is 29.8 Å². The standard InChI is InChI=1S/C14H16N6O3/c21-13(9-19-10-15-14(17-19)20(22)23)16-11-3-5-12(6-4-11)18-7-1-2-8-18/h3-6,10H,1-2,7-9H2,(H,16,21). The Morgan fingerprint density at radius 2 is 1.96 bits per heavy atom. The van der Waals surface area contributed by atoms with E-state index < -0.39 is 10.9 Å². The zero-order valence-electron chi connectivity index (χ0n) is 12.4. The molecular weight excluding hydrogens is 300 g/mol. The average Bonchev–Trinajstić information content (AvgIpc) is 3.19. The van der Waals surface area contributed by atoms with Gasteiger partial charge in [0.2, 0.25) is 12.2 Å². The van der Waals surface area contributed by atoms with Gasteiger partial charge in [-0.25, -0.2) is 0 Å². The topological polar surface area (TPSA) is 106 Å². The van der Waals surface area contributed by atoms with Crippen molar-refractivity contribution >= 4 is 23.2 Å². The van der Waals surface area contributed by atoms with Crippen LogP contribution in [0, 0.1) is 10.1 Å². The van der Waals surface area contributed by atoms with Crippen LogP contribution in [-0.4, -0.2) is 38.7 Å². The molecular formula is C14H16N6O3. The SMILES string of the molecule is O=C(Cn1cnc([N+](=O)[O-])n1)Nc1ccc(N2CCCC2)cc1. The van der Waals surface area contributed by atoms with Crippen LogP contribution in [0.5, 0.6) is 0 Å². The minimum Gasteiger partial charge on any atom is -0.390 e. The van der Waals surface area contributed by atoms with Gasteiger partial charge in [0.25, 0.3) is 0 Å². The number of anilines is 2. The normalized spacial score (nSPS) is 14.0. The summed E-state index contributed by atoms with van der Waals surface area (Å²) in [6.07, 6.45) is 3.58. The van der Waals surface area contributed by atoms with Gasteiger partial charge in [0.1, 0.15) is 6.54 Å². The van der Waals surface area contributed by atoms with Crippen molar-refractivity contribution in [3.8, 4) is 0 Å². The van der Waals surface area contributed by atoms with Crippen molar-refractivity contribution in [2.24, 2.45) is 0 Å². The number of nitrogens with one attached hydrogen (secondary N) is 1. The van der Waals surface area contributed by atoms with Crippen LogP contribution in [0.2, 0.25) is 0 Å². The molecule has 1 aromatic heterocycles. The molecule has 9 heteroatoms. The number of nitrogens with zero attached hydrogens (tertiary/aromatic N) is 5. The summed E-state index contributed by atoms with van der Waals surface area (Å²) in [5.41, 5.74) is 1.82. The lowest BCUT2D eigenvalue weighted by molar-refractivity contribution is -0.394. The van der Waals surface area contributed by atoms with Gasteiger partial charge in [0.05, 0.1) is 0 Å². The van der Waals surface area contributed by atoms with Crippen molar-refractivity contribution in [3.05, 3.63) is 40.7 Å². The summed E-state index contributed by atoms with van der Waals surface area (Å²) in [6, 6.07) is 7.63. The predicted molar refractivity (Wildman–Crippen MR) is 83.2 cm³/mol. The summed E-state index contributed by atoms with van der Waals surface area (Å²) in [5.74, 6) is -0.841. The fourth-order valence-electron chi connectivity index (χ4n) is 2.52. The number of hydrogen-bond acceptors (Lipinski definition) is 6. The molecule has 1 aromatic carbocycles. The van der Waals surface area contributed by atoms with Crippen molar-refractivity contribution in [3.63, 3.8) is 0 Å². The van der Waals surface area contributed by atoms with Gasteiger partial charge in [-0.05, 0) is 42.0 Å². The van der Waals surface area contributed by atoms with Crippen molar-refractivity contribution in [2.75, 3.05) is 23.3 Å². The zero-order valence-corrected chi connectivity index (χ0v) is 12.4. The lowest BCUT2D eigenvalue weighted by atomic mass is 10.2. The predicted octanol–water partition coefficient (Wildman–Crippen LogP) is 1.43. The molecule has 1 saturated heterocycles. The molecule has 0 radical (unpaired) electrons. The minimum absolute atomic E-state index is 0.130. The smallest absolute Gasteiger partial charge is 0.390 e. The third-order valence-corrected chi connectivity index (χ3v) is 3.62. The Bertz CT molecular complexity index is 706. The highest BCUT2D eigenvalue weighted by molar-refractivity contribution is 5.90. The summed E-state index contributed by atoms with van der Waals surface area (Å²) < 4.78 is 1.13. The number of aromatic nitrogens is 3. The maximum absolute atomic E-state index is 11.9. The van der Waals surface area contributed by atoms with Crippen molar-refractivity contribution < 1.29 is 9.72 Å². The lowest BCUT2D eigenvalue weighted by Crippen LogP contribution is -2.20. The molecule has 120 valence electrons. The average molecular weight is 316 g/mol. The Morgan fingerprint density at radius 3 is 2.57 bits per heavy atom. The molecule has 1 amide bonds. The minimum atomic E-state index is -0.703. The van der Waals surface area contributed by atoms with Crippen LogP contribution in [0.3, 0.4) is 0 Å². The van der Waals surface area contributed by atoms with Gasteiger partial charge in [-0.2, -0.15) is 4.68 Å². The van der Waals surface area contributed by atoms with E-state index in [0.29, 0.717) is 5.69 Å². The highest BCUT2D eigenvalue weighted by atomic mass is 16.6. The number of rotatable bonds is 5. The maximum Gasteiger partial charge on any atom is 0.490 e. The van der Waals surface area contributed by atoms with E-state index in [1.807, 2.05) is 24.3 Å². The zero-order chi connectivity index (χ0) is 16.2. The summed E-state index contributed by atoms with van der Waals surface area (Å²) in [5, 5.41) is 16.8. The van der Waals surface area contributed by atoms with Gasteiger partial charge in [0, 0.05) is 29.6 Å². The van der Waals surface area contributed by atoms with Crippen molar-refractivity contribution in [2.45, 2.75) is 19.4 Å². The summed E-state index contributed by atoms with van der Waals surface area (Å²) in [4.78, 5) is 27.5. The Kier molecular flexibility index (Phi) is 4.18. The highest BCUT2D eigenvalue weighted by Crippen LogP contribution is 2.22. The van der Waals surface area contributed by atoms with Gasteiger partial charge in [-0.1, -0.05) is 4.98 Å². The second-order valence-electron chi connectivity index (χ2n) is 5.29. The van der Waals surface area contributed by atoms with Crippen LogP contribution in [0.1, 0.15) is 12.8 Å². The van der Waals surface area contributed by atoms with Gasteiger partial charge in [-0.15, -0.1) is 0 Å². The highest BCUT2D eigenvalue weighted by Gasteiger charge is 2.16. The van der Waals surface area contributed by atoms with Crippen LogP contribution in [-0.2, 0) is 11.3 Å². The fraction of sp³-hybridized carbons (Fsp3) is 0.357. The molecule has 1 N–H and O–H groups in total. The van der Waals surface area contributed by atoms with E-state index in [-0.39, 0.29) is 12.5 Å². The number of benzene rings is 1. The van der Waals surface area contributed by atoms with E-state index in [9.17, 15) is 14.9 Å². The van der Waals surface area contributed by atoms with Crippen molar-refractivity contribution in [1.29, 1.82) is 0 Å². The molecule has 1 fully saturated rings. The quantitative estimate of drug-likeness (QED) is 0.660.